The predicted octanol–water partition coefficient (Wildman–Crippen LogP) is 3.50. The average Bonchev–Trinajstić information content (AvgIpc) is 2.91. The lowest BCUT2D eigenvalue weighted by Crippen LogP contribution is -2.51. The number of nitrogens with one attached hydrogen (secondary N) is 1. The minimum atomic E-state index is -0.495. The second-order valence-corrected chi connectivity index (χ2v) is 9.25. The number of piperidine rings is 1. The number of halogens is 1. The molecule has 2 aliphatic rings. The summed E-state index contributed by atoms with van der Waals surface area (Å²) < 4.78 is 5.61. The maximum Gasteiger partial charge on any atom is 0.410 e. The van der Waals surface area contributed by atoms with E-state index in [-0.39, 0.29) is 24.2 Å². The molecule has 0 saturated carbocycles. The largest absolute Gasteiger partial charge is 0.444 e. The highest BCUT2D eigenvalue weighted by Crippen LogP contribution is 2.38. The lowest BCUT2D eigenvalue weighted by Gasteiger charge is -2.40. The Morgan fingerprint density at radius 3 is 2.59 bits per heavy atom. The molecule has 1 aromatic rings. The van der Waals surface area contributed by atoms with Crippen molar-refractivity contribution in [2.24, 2.45) is 0 Å². The summed E-state index contributed by atoms with van der Waals surface area (Å²) in [5.74, 6) is 0.651. The van der Waals surface area contributed by atoms with E-state index in [0.29, 0.717) is 23.9 Å². The van der Waals surface area contributed by atoms with Crippen molar-refractivity contribution < 1.29 is 14.3 Å². The molecule has 0 radical (unpaired) electrons. The van der Waals surface area contributed by atoms with Crippen LogP contribution in [0.5, 0.6) is 0 Å². The molecular formula is C20H30ClN5O3. The van der Waals surface area contributed by atoms with Gasteiger partial charge in [0.1, 0.15) is 11.9 Å². The number of fused-ring (bicyclic) bond motifs is 2. The number of hydrogen-bond donors (Lipinski definition) is 1. The van der Waals surface area contributed by atoms with E-state index in [1.807, 2.05) is 37.6 Å². The van der Waals surface area contributed by atoms with Crippen LogP contribution < -0.4 is 10.2 Å². The number of ether oxygens (including phenoxy) is 1. The minimum Gasteiger partial charge on any atom is -0.444 e. The molecule has 0 unspecified atom stereocenters. The Bertz CT molecular complexity index is 740. The third-order valence-electron chi connectivity index (χ3n) is 5.42. The summed E-state index contributed by atoms with van der Waals surface area (Å²) in [6.07, 6.45) is 4.73. The highest BCUT2D eigenvalue weighted by Gasteiger charge is 2.45. The summed E-state index contributed by atoms with van der Waals surface area (Å²) in [6.45, 7) is 6.25. The fraction of sp³-hybridized carbons (Fsp3) is 0.700. The van der Waals surface area contributed by atoms with Crippen molar-refractivity contribution in [3.8, 4) is 0 Å². The van der Waals surface area contributed by atoms with E-state index in [1.54, 1.807) is 6.07 Å². The molecule has 29 heavy (non-hydrogen) atoms. The van der Waals surface area contributed by atoms with E-state index < -0.39 is 5.60 Å². The molecule has 1 aromatic heterocycles. The summed E-state index contributed by atoms with van der Waals surface area (Å²) in [5.41, 5.74) is 0.319. The zero-order valence-electron chi connectivity index (χ0n) is 17.5. The van der Waals surface area contributed by atoms with Crippen molar-refractivity contribution in [2.75, 3.05) is 23.8 Å². The first-order valence-electron chi connectivity index (χ1n) is 10.1. The fourth-order valence-electron chi connectivity index (χ4n) is 4.22. The summed E-state index contributed by atoms with van der Waals surface area (Å²) in [7, 11) is 1.90. The van der Waals surface area contributed by atoms with Gasteiger partial charge < -0.3 is 24.6 Å². The molecule has 8 nitrogen and oxygen atoms in total. The number of aromatic nitrogens is 2. The number of rotatable bonds is 6. The molecule has 0 aliphatic carbocycles. The second kappa shape index (κ2) is 8.73. The van der Waals surface area contributed by atoms with Gasteiger partial charge in [-0.2, -0.15) is 0 Å². The van der Waals surface area contributed by atoms with Crippen molar-refractivity contribution in [1.29, 1.82) is 0 Å². The number of carbonyl (C=O) groups excluding carboxylic acids is 2. The number of carbonyl (C=O) groups is 2. The summed E-state index contributed by atoms with van der Waals surface area (Å²) >= 11 is 6.05. The fourth-order valence-corrected chi connectivity index (χ4v) is 4.36. The molecule has 3 heterocycles. The monoisotopic (exact) mass is 423 g/mol. The van der Waals surface area contributed by atoms with Gasteiger partial charge in [0.15, 0.2) is 11.0 Å². The quantitative estimate of drug-likeness (QED) is 0.700. The van der Waals surface area contributed by atoms with Gasteiger partial charge in [0.2, 0.25) is 0 Å². The average molecular weight is 424 g/mol. The van der Waals surface area contributed by atoms with E-state index >= 15 is 0 Å². The Morgan fingerprint density at radius 2 is 2.00 bits per heavy atom. The topological polar surface area (TPSA) is 87.7 Å². The molecule has 160 valence electrons. The van der Waals surface area contributed by atoms with Gasteiger partial charge >= 0.3 is 6.09 Å². The van der Waals surface area contributed by atoms with Crippen molar-refractivity contribution >= 4 is 35.5 Å². The van der Waals surface area contributed by atoms with E-state index in [1.165, 1.54) is 0 Å². The summed E-state index contributed by atoms with van der Waals surface area (Å²) in [4.78, 5) is 27.2. The van der Waals surface area contributed by atoms with Crippen LogP contribution in [0.25, 0.3) is 0 Å². The van der Waals surface area contributed by atoms with Crippen LogP contribution in [-0.2, 0) is 9.53 Å². The lowest BCUT2D eigenvalue weighted by atomic mass is 9.97. The third-order valence-corrected chi connectivity index (χ3v) is 5.60. The highest BCUT2D eigenvalue weighted by molar-refractivity contribution is 6.29. The van der Waals surface area contributed by atoms with Gasteiger partial charge in [0, 0.05) is 44.2 Å². The van der Waals surface area contributed by atoms with Gasteiger partial charge in [-0.1, -0.05) is 11.6 Å². The van der Waals surface area contributed by atoms with Crippen LogP contribution >= 0.6 is 11.6 Å². The molecule has 2 aliphatic heterocycles. The summed E-state index contributed by atoms with van der Waals surface area (Å²) in [6, 6.07) is 2.27. The van der Waals surface area contributed by atoms with Crippen LogP contribution in [0.1, 0.15) is 52.9 Å². The molecule has 3 atom stereocenters. The molecular weight excluding hydrogens is 394 g/mol. The van der Waals surface area contributed by atoms with Crippen LogP contribution in [0.15, 0.2) is 6.07 Å². The first kappa shape index (κ1) is 21.6. The Morgan fingerprint density at radius 1 is 1.34 bits per heavy atom. The molecule has 0 aromatic carbocycles. The molecule has 2 bridgehead atoms. The van der Waals surface area contributed by atoms with Gasteiger partial charge in [-0.3, -0.25) is 0 Å². The molecule has 3 rings (SSSR count). The highest BCUT2D eigenvalue weighted by atomic mass is 35.5. The van der Waals surface area contributed by atoms with Crippen molar-refractivity contribution in [3.63, 3.8) is 0 Å². The number of amides is 1. The Labute approximate surface area is 176 Å². The zero-order chi connectivity index (χ0) is 21.2. The van der Waals surface area contributed by atoms with Gasteiger partial charge in [-0.25, -0.2) is 4.79 Å². The Kier molecular flexibility index (Phi) is 6.51. The molecule has 0 spiro atoms. The Hall–Kier alpha value is -2.09. The lowest BCUT2D eigenvalue weighted by molar-refractivity contribution is -0.107. The third kappa shape index (κ3) is 5.29. The number of nitrogens with zero attached hydrogens (tertiary/aromatic N) is 4. The van der Waals surface area contributed by atoms with Crippen LogP contribution in [-0.4, -0.2) is 64.8 Å². The molecule has 1 amide bonds. The maximum atomic E-state index is 12.6. The van der Waals surface area contributed by atoms with Crippen LogP contribution in [0, 0.1) is 0 Å². The van der Waals surface area contributed by atoms with E-state index in [0.717, 1.165) is 37.7 Å². The normalized spacial score (nSPS) is 23.6. The first-order chi connectivity index (χ1) is 13.7. The number of hydrogen-bond acceptors (Lipinski definition) is 7. The molecule has 2 fully saturated rings. The van der Waals surface area contributed by atoms with Gasteiger partial charge in [-0.05, 0) is 46.5 Å². The van der Waals surface area contributed by atoms with Gasteiger partial charge in [-0.15, -0.1) is 10.2 Å². The van der Waals surface area contributed by atoms with Crippen LogP contribution in [0.3, 0.4) is 0 Å². The van der Waals surface area contributed by atoms with Gasteiger partial charge in [0.05, 0.1) is 5.69 Å². The van der Waals surface area contributed by atoms with Crippen molar-refractivity contribution in [3.05, 3.63) is 11.2 Å². The van der Waals surface area contributed by atoms with Gasteiger partial charge in [0.25, 0.3) is 0 Å². The minimum absolute atomic E-state index is 0.164. The van der Waals surface area contributed by atoms with E-state index in [9.17, 15) is 9.59 Å². The van der Waals surface area contributed by atoms with Crippen molar-refractivity contribution in [2.45, 2.75) is 76.6 Å². The maximum absolute atomic E-state index is 12.6. The number of anilines is 2. The van der Waals surface area contributed by atoms with E-state index in [2.05, 4.69) is 15.5 Å². The number of aldehydes is 1. The van der Waals surface area contributed by atoms with Crippen LogP contribution in [0.2, 0.25) is 5.15 Å². The molecule has 9 heteroatoms. The zero-order valence-corrected chi connectivity index (χ0v) is 18.3. The molecule has 2 saturated heterocycles. The smallest absolute Gasteiger partial charge is 0.410 e. The second-order valence-electron chi connectivity index (χ2n) is 8.86. The predicted molar refractivity (Wildman–Crippen MR) is 113 cm³/mol. The van der Waals surface area contributed by atoms with E-state index in [4.69, 9.17) is 16.3 Å². The molecule has 1 N–H and O–H groups in total. The first-order valence-corrected chi connectivity index (χ1v) is 10.5. The standard InChI is InChI=1S/C20H30ClN5O3/c1-20(2,3)29-19(28)26-14-6-7-15(26)11-13(10-14)22-18-16(12-17(21)23-24-18)25(4)8-5-9-27/h9,12-15H,5-8,10-11H2,1-4H3,(H,22,24)/t13-,14-,15+. The van der Waals surface area contributed by atoms with Crippen molar-refractivity contribution in [1.82, 2.24) is 15.1 Å². The van der Waals surface area contributed by atoms with Crippen LogP contribution in [0.4, 0.5) is 16.3 Å². The Balaban J connectivity index is 1.69. The SMILES string of the molecule is CN(CCC=O)c1cc(Cl)nnc1N[C@@H]1C[C@H]2CC[C@@H](C1)N2C(=O)OC(C)(C)C. The summed E-state index contributed by atoms with van der Waals surface area (Å²) in [5, 5.41) is 12.0.